The fraction of sp³-hybridized carbons (Fsp3) is 0.391. The standard InChI is InChI=1S/C23H26N8O7S2.Na.H/c1-30-23(27-28-29-30)40-10-12-9-39-20-17(19(34)31(20)18(12)22(37)38)26-16(33)8-11-2-4-13(5-3-11)25-15(32)7-6-14(24)21(35)36;;/h2-5,14,17,20H,6-10,24H2,1H3,(H,25,32)(H,26,33)(H,35,36)(H,37,38);;/q;+1;-1/t14-,17-,20-;;/m1../s1. The van der Waals surface area contributed by atoms with Gasteiger partial charge in [-0.15, -0.1) is 16.9 Å². The summed E-state index contributed by atoms with van der Waals surface area (Å²) in [5.41, 5.74) is 6.99. The first-order valence-electron chi connectivity index (χ1n) is 12.0. The van der Waals surface area contributed by atoms with E-state index in [9.17, 15) is 29.1 Å². The number of carbonyl (C=O) groups is 5. The van der Waals surface area contributed by atoms with Crippen LogP contribution in [0.4, 0.5) is 5.69 Å². The Labute approximate surface area is 265 Å². The number of anilines is 1. The van der Waals surface area contributed by atoms with Crippen molar-refractivity contribution in [2.75, 3.05) is 16.8 Å². The molecule has 4 rings (SSSR count). The summed E-state index contributed by atoms with van der Waals surface area (Å²) >= 11 is 2.64. The number of fused-ring (bicyclic) bond motifs is 1. The number of carbonyl (C=O) groups excluding carboxylic acids is 3. The van der Waals surface area contributed by atoms with E-state index in [-0.39, 0.29) is 61.9 Å². The number of hydrogen-bond acceptors (Lipinski definition) is 11. The molecule has 0 bridgehead atoms. The van der Waals surface area contributed by atoms with Crippen molar-refractivity contribution in [1.82, 2.24) is 30.4 Å². The largest absolute Gasteiger partial charge is 1.00 e. The van der Waals surface area contributed by atoms with Crippen LogP contribution < -0.4 is 45.9 Å². The smallest absolute Gasteiger partial charge is 1.00 e. The van der Waals surface area contributed by atoms with Crippen LogP contribution in [0.1, 0.15) is 19.8 Å². The van der Waals surface area contributed by atoms with Crippen molar-refractivity contribution in [1.29, 1.82) is 0 Å². The van der Waals surface area contributed by atoms with Gasteiger partial charge >= 0.3 is 41.5 Å². The minimum absolute atomic E-state index is 0. The molecule has 3 heterocycles. The van der Waals surface area contributed by atoms with Gasteiger partial charge in [-0.2, -0.15) is 0 Å². The fourth-order valence-corrected chi connectivity index (χ4v) is 6.37. The van der Waals surface area contributed by atoms with Gasteiger partial charge in [-0.3, -0.25) is 24.1 Å². The zero-order valence-electron chi connectivity index (χ0n) is 23.1. The van der Waals surface area contributed by atoms with Crippen LogP contribution in [0, 0.1) is 0 Å². The average Bonchev–Trinajstić information content (AvgIpc) is 3.33. The maximum Gasteiger partial charge on any atom is 1.00 e. The number of nitrogens with zero attached hydrogens (tertiary/aromatic N) is 5. The van der Waals surface area contributed by atoms with Gasteiger partial charge in [0.25, 0.3) is 5.91 Å². The van der Waals surface area contributed by atoms with Gasteiger partial charge < -0.3 is 28.0 Å². The van der Waals surface area contributed by atoms with Crippen LogP contribution in [-0.4, -0.2) is 93.9 Å². The molecule has 3 atom stereocenters. The van der Waals surface area contributed by atoms with Gasteiger partial charge in [0.15, 0.2) is 0 Å². The van der Waals surface area contributed by atoms with Gasteiger partial charge in [-0.1, -0.05) is 23.9 Å². The number of amides is 3. The first kappa shape index (κ1) is 32.6. The number of hydrogen-bond donors (Lipinski definition) is 5. The van der Waals surface area contributed by atoms with Gasteiger partial charge in [0, 0.05) is 30.7 Å². The van der Waals surface area contributed by atoms with Crippen molar-refractivity contribution in [2.24, 2.45) is 12.8 Å². The molecule has 18 heteroatoms. The summed E-state index contributed by atoms with van der Waals surface area (Å²) in [5, 5.41) is 35.1. The van der Waals surface area contributed by atoms with Crippen molar-refractivity contribution in [3.05, 3.63) is 41.1 Å². The normalized spacial score (nSPS) is 18.5. The molecule has 2 aliphatic heterocycles. The number of nitrogens with one attached hydrogen (secondary N) is 2. The van der Waals surface area contributed by atoms with E-state index >= 15 is 0 Å². The molecule has 1 aromatic carbocycles. The number of thioether (sulfide) groups is 2. The molecule has 1 fully saturated rings. The Morgan fingerprint density at radius 2 is 1.93 bits per heavy atom. The fourth-order valence-electron chi connectivity index (χ4n) is 4.04. The number of β-lactam (4-membered cyclic amide) rings is 1. The van der Waals surface area contributed by atoms with E-state index < -0.39 is 41.2 Å². The average molecular weight is 615 g/mol. The molecule has 15 nitrogen and oxygen atoms in total. The van der Waals surface area contributed by atoms with Gasteiger partial charge in [-0.05, 0) is 40.1 Å². The molecule has 214 valence electrons. The second kappa shape index (κ2) is 14.3. The Morgan fingerprint density at radius 3 is 2.54 bits per heavy atom. The van der Waals surface area contributed by atoms with Crippen LogP contribution >= 0.6 is 23.5 Å². The van der Waals surface area contributed by atoms with Gasteiger partial charge in [0.2, 0.25) is 17.0 Å². The minimum atomic E-state index is -1.22. The Hall–Kier alpha value is -2.96. The van der Waals surface area contributed by atoms with E-state index in [1.165, 1.54) is 33.1 Å². The van der Waals surface area contributed by atoms with E-state index in [2.05, 4.69) is 26.2 Å². The van der Waals surface area contributed by atoms with Gasteiger partial charge in [-0.25, -0.2) is 9.48 Å². The van der Waals surface area contributed by atoms with Crippen molar-refractivity contribution >= 4 is 58.9 Å². The zero-order chi connectivity index (χ0) is 29.0. The van der Waals surface area contributed by atoms with E-state index in [1.807, 2.05) is 0 Å². The Bertz CT molecular complexity index is 1380. The van der Waals surface area contributed by atoms with Crippen LogP contribution in [0.2, 0.25) is 0 Å². The second-order valence-electron chi connectivity index (χ2n) is 8.99. The first-order chi connectivity index (χ1) is 19.0. The quantitative estimate of drug-likeness (QED) is 0.0892. The van der Waals surface area contributed by atoms with Crippen LogP contribution in [0.15, 0.2) is 40.7 Å². The summed E-state index contributed by atoms with van der Waals surface area (Å²) in [6.45, 7) is 0. The number of carboxylic acids is 2. The topological polar surface area (TPSA) is 223 Å². The van der Waals surface area contributed by atoms with E-state index in [4.69, 9.17) is 10.8 Å². The molecule has 41 heavy (non-hydrogen) atoms. The van der Waals surface area contributed by atoms with Crippen LogP contribution in [0.3, 0.4) is 0 Å². The first-order valence-corrected chi connectivity index (χ1v) is 14.0. The molecule has 1 saturated heterocycles. The summed E-state index contributed by atoms with van der Waals surface area (Å²) < 4.78 is 1.47. The Kier molecular flexibility index (Phi) is 11.3. The predicted molar refractivity (Wildman–Crippen MR) is 144 cm³/mol. The molecular weight excluding hydrogens is 587 g/mol. The minimum Gasteiger partial charge on any atom is -1.00 e. The van der Waals surface area contributed by atoms with Crippen LogP contribution in [-0.2, 0) is 37.4 Å². The zero-order valence-corrected chi connectivity index (χ0v) is 25.8. The molecular formula is C23H27N8NaO7S2. The summed E-state index contributed by atoms with van der Waals surface area (Å²) in [7, 11) is 1.67. The van der Waals surface area contributed by atoms with Crippen molar-refractivity contribution in [3.63, 3.8) is 0 Å². The summed E-state index contributed by atoms with van der Waals surface area (Å²) in [6, 6.07) is 4.53. The monoisotopic (exact) mass is 614 g/mol. The van der Waals surface area contributed by atoms with Crippen molar-refractivity contribution < 1.29 is 65.2 Å². The number of aryl methyl sites for hydroxylation is 1. The molecule has 1 aromatic heterocycles. The number of nitrogens with two attached hydrogens (primary N) is 1. The summed E-state index contributed by atoms with van der Waals surface area (Å²) in [5.74, 6) is -3.02. The van der Waals surface area contributed by atoms with Crippen LogP contribution in [0.25, 0.3) is 0 Å². The number of rotatable bonds is 12. The predicted octanol–water partition coefficient (Wildman–Crippen LogP) is -3.47. The third kappa shape index (κ3) is 7.87. The number of aliphatic carboxylic acids is 2. The third-order valence-electron chi connectivity index (χ3n) is 6.13. The third-order valence-corrected chi connectivity index (χ3v) is 8.56. The number of aromatic nitrogens is 4. The molecule has 0 radical (unpaired) electrons. The van der Waals surface area contributed by atoms with E-state index in [0.717, 1.165) is 0 Å². The molecule has 0 saturated carbocycles. The Morgan fingerprint density at radius 1 is 1.22 bits per heavy atom. The van der Waals surface area contributed by atoms with Crippen molar-refractivity contribution in [2.45, 2.75) is 41.9 Å². The molecule has 0 aliphatic carbocycles. The van der Waals surface area contributed by atoms with Gasteiger partial charge in [0.1, 0.15) is 23.2 Å². The maximum absolute atomic E-state index is 12.9. The molecule has 6 N–H and O–H groups in total. The number of carboxylic acid groups (broad SMARTS) is 2. The van der Waals surface area contributed by atoms with Gasteiger partial charge in [0.05, 0.1) is 6.42 Å². The maximum atomic E-state index is 12.9. The summed E-state index contributed by atoms with van der Waals surface area (Å²) in [4.78, 5) is 61.5. The molecule has 0 unspecified atom stereocenters. The molecule has 0 spiro atoms. The number of benzene rings is 1. The molecule has 2 aromatic rings. The van der Waals surface area contributed by atoms with E-state index in [1.54, 1.807) is 31.3 Å². The van der Waals surface area contributed by atoms with Crippen LogP contribution in [0.5, 0.6) is 0 Å². The molecule has 3 amide bonds. The Balaban J connectivity index is 0.00000308. The SMILES string of the molecule is Cn1nnnc1SCC1=C(C(=O)O)N2C(=O)[C@@H](NC(=O)Cc3ccc(NC(=O)CC[C@@H](N)C(=O)O)cc3)[C@H]2SC1.[H-].[Na+]. The molecule has 2 aliphatic rings. The second-order valence-corrected chi connectivity index (χ2v) is 11.0. The summed E-state index contributed by atoms with van der Waals surface area (Å²) in [6.07, 6.45) is -0.0833. The van der Waals surface area contributed by atoms with E-state index in [0.29, 0.717) is 33.5 Å². The van der Waals surface area contributed by atoms with Crippen molar-refractivity contribution in [3.8, 4) is 0 Å². The number of tetrazole rings is 1.